The molecular weight excluding hydrogens is 345 g/mol. The summed E-state index contributed by atoms with van der Waals surface area (Å²) in [5.74, 6) is 0.179. The molecule has 0 bridgehead atoms. The maximum Gasteiger partial charge on any atom is 0.319 e. The van der Waals surface area contributed by atoms with Gasteiger partial charge >= 0.3 is 6.03 Å². The summed E-state index contributed by atoms with van der Waals surface area (Å²) in [5.41, 5.74) is 2.02. The fourth-order valence-corrected chi connectivity index (χ4v) is 2.87. The molecule has 1 aromatic carbocycles. The molecule has 0 aliphatic carbocycles. The summed E-state index contributed by atoms with van der Waals surface area (Å²) < 4.78 is 13.1. The van der Waals surface area contributed by atoms with Crippen molar-refractivity contribution in [2.75, 3.05) is 23.3 Å². The molecule has 1 aliphatic rings. The number of carbonyl (C=O) groups is 1. The summed E-state index contributed by atoms with van der Waals surface area (Å²) in [6.07, 6.45) is 2.29. The van der Waals surface area contributed by atoms with Crippen LogP contribution < -0.4 is 15.5 Å². The molecule has 2 aromatic rings. The Morgan fingerprint density at radius 1 is 1.28 bits per heavy atom. The van der Waals surface area contributed by atoms with Crippen LogP contribution >= 0.6 is 11.6 Å². The molecule has 132 valence electrons. The number of hydrogen-bond donors (Lipinski definition) is 2. The van der Waals surface area contributed by atoms with Gasteiger partial charge in [0.2, 0.25) is 5.95 Å². The molecule has 2 amide bonds. The average molecular weight is 364 g/mol. The fourth-order valence-electron chi connectivity index (χ4n) is 2.69. The van der Waals surface area contributed by atoms with Gasteiger partial charge in [0.1, 0.15) is 5.82 Å². The van der Waals surface area contributed by atoms with Crippen molar-refractivity contribution in [3.63, 3.8) is 0 Å². The van der Waals surface area contributed by atoms with E-state index in [9.17, 15) is 9.18 Å². The van der Waals surface area contributed by atoms with Gasteiger partial charge in [-0.3, -0.25) is 0 Å². The van der Waals surface area contributed by atoms with Crippen LogP contribution in [0.15, 0.2) is 24.3 Å². The number of carbonyl (C=O) groups excluding carboxylic acids is 1. The van der Waals surface area contributed by atoms with Gasteiger partial charge in [0, 0.05) is 24.5 Å². The second-order valence-corrected chi connectivity index (χ2v) is 6.34. The summed E-state index contributed by atoms with van der Waals surface area (Å²) in [6.45, 7) is 4.10. The smallest absolute Gasteiger partial charge is 0.319 e. The average Bonchev–Trinajstić information content (AvgIpc) is 3.10. The monoisotopic (exact) mass is 363 g/mol. The standard InChI is InChI=1S/C17H19ClFN5O/c1-11-8-13(22-16(21-11)24-6-2-3-7-24)10-20-17(25)23-12-4-5-15(19)14(18)9-12/h4-5,8-9H,2-3,6-7,10H2,1H3,(H2,20,23,25). The van der Waals surface area contributed by atoms with Crippen molar-refractivity contribution in [2.45, 2.75) is 26.3 Å². The van der Waals surface area contributed by atoms with Gasteiger partial charge in [-0.25, -0.2) is 19.2 Å². The van der Waals surface area contributed by atoms with E-state index in [-0.39, 0.29) is 11.6 Å². The summed E-state index contributed by atoms with van der Waals surface area (Å²) in [6, 6.07) is 5.43. The summed E-state index contributed by atoms with van der Waals surface area (Å²) in [4.78, 5) is 23.1. The molecular formula is C17H19ClFN5O. The van der Waals surface area contributed by atoms with Crippen molar-refractivity contribution in [3.05, 3.63) is 46.5 Å². The van der Waals surface area contributed by atoms with Crippen LogP contribution in [0.4, 0.5) is 20.8 Å². The molecule has 0 spiro atoms. The number of halogens is 2. The number of aromatic nitrogens is 2. The number of hydrogen-bond acceptors (Lipinski definition) is 4. The normalized spacial score (nSPS) is 13.8. The second kappa shape index (κ2) is 7.65. The topological polar surface area (TPSA) is 70.2 Å². The van der Waals surface area contributed by atoms with Crippen LogP contribution in [-0.4, -0.2) is 29.1 Å². The Morgan fingerprint density at radius 3 is 2.76 bits per heavy atom. The van der Waals surface area contributed by atoms with Crippen LogP contribution in [0.1, 0.15) is 24.2 Å². The zero-order valence-corrected chi connectivity index (χ0v) is 14.6. The predicted octanol–water partition coefficient (Wildman–Crippen LogP) is 3.50. The lowest BCUT2D eigenvalue weighted by Gasteiger charge is -2.16. The number of benzene rings is 1. The number of rotatable bonds is 4. The third kappa shape index (κ3) is 4.57. The fraction of sp³-hybridized carbons (Fsp3) is 0.353. The molecule has 8 heteroatoms. The zero-order valence-electron chi connectivity index (χ0n) is 13.9. The van der Waals surface area contributed by atoms with Crippen molar-refractivity contribution >= 4 is 29.3 Å². The van der Waals surface area contributed by atoms with Crippen molar-refractivity contribution < 1.29 is 9.18 Å². The van der Waals surface area contributed by atoms with Gasteiger partial charge in [-0.2, -0.15) is 0 Å². The SMILES string of the molecule is Cc1cc(CNC(=O)Nc2ccc(F)c(Cl)c2)nc(N2CCCC2)n1. The first-order valence-electron chi connectivity index (χ1n) is 8.11. The maximum absolute atomic E-state index is 13.1. The molecule has 2 heterocycles. The van der Waals surface area contributed by atoms with E-state index < -0.39 is 11.8 Å². The zero-order chi connectivity index (χ0) is 17.8. The minimum Gasteiger partial charge on any atom is -0.341 e. The number of nitrogens with one attached hydrogen (secondary N) is 2. The van der Waals surface area contributed by atoms with E-state index in [2.05, 4.69) is 25.5 Å². The molecule has 0 unspecified atom stereocenters. The minimum absolute atomic E-state index is 0.0421. The van der Waals surface area contributed by atoms with Crippen molar-refractivity contribution in [1.82, 2.24) is 15.3 Å². The van der Waals surface area contributed by atoms with Gasteiger partial charge in [0.05, 0.1) is 17.3 Å². The molecule has 1 fully saturated rings. The molecule has 0 radical (unpaired) electrons. The largest absolute Gasteiger partial charge is 0.341 e. The Bertz CT molecular complexity index is 780. The predicted molar refractivity (Wildman–Crippen MR) is 95.5 cm³/mol. The molecule has 0 saturated carbocycles. The Hall–Kier alpha value is -2.41. The molecule has 6 nitrogen and oxygen atoms in total. The van der Waals surface area contributed by atoms with E-state index >= 15 is 0 Å². The van der Waals surface area contributed by atoms with Crippen molar-refractivity contribution in [2.24, 2.45) is 0 Å². The van der Waals surface area contributed by atoms with E-state index in [4.69, 9.17) is 11.6 Å². The number of amides is 2. The molecule has 1 saturated heterocycles. The molecule has 1 aromatic heterocycles. The third-order valence-electron chi connectivity index (χ3n) is 3.89. The first-order valence-corrected chi connectivity index (χ1v) is 8.48. The highest BCUT2D eigenvalue weighted by molar-refractivity contribution is 6.31. The van der Waals surface area contributed by atoms with Crippen LogP contribution in [0.2, 0.25) is 5.02 Å². The number of anilines is 2. The van der Waals surface area contributed by atoms with Gasteiger partial charge < -0.3 is 15.5 Å². The van der Waals surface area contributed by atoms with Gasteiger partial charge in [0.15, 0.2) is 0 Å². The van der Waals surface area contributed by atoms with E-state index in [1.807, 2.05) is 13.0 Å². The Balaban J connectivity index is 1.60. The molecule has 0 atom stereocenters. The minimum atomic E-state index is -0.529. The van der Waals surface area contributed by atoms with Gasteiger partial charge in [-0.05, 0) is 44.0 Å². The van der Waals surface area contributed by atoms with Gasteiger partial charge in [-0.1, -0.05) is 11.6 Å². The Labute approximate surface area is 150 Å². The number of urea groups is 1. The first-order chi connectivity index (χ1) is 12.0. The van der Waals surface area contributed by atoms with Crippen LogP contribution in [0.5, 0.6) is 0 Å². The highest BCUT2D eigenvalue weighted by Gasteiger charge is 2.16. The second-order valence-electron chi connectivity index (χ2n) is 5.93. The number of aryl methyl sites for hydroxylation is 1. The third-order valence-corrected chi connectivity index (χ3v) is 4.18. The van der Waals surface area contributed by atoms with E-state index in [1.165, 1.54) is 18.2 Å². The van der Waals surface area contributed by atoms with Crippen LogP contribution in [0, 0.1) is 12.7 Å². The summed E-state index contributed by atoms with van der Waals surface area (Å²) >= 11 is 5.70. The Kier molecular flexibility index (Phi) is 5.33. The van der Waals surface area contributed by atoms with E-state index in [0.717, 1.165) is 37.3 Å². The highest BCUT2D eigenvalue weighted by Crippen LogP contribution is 2.19. The lowest BCUT2D eigenvalue weighted by atomic mass is 10.3. The lowest BCUT2D eigenvalue weighted by molar-refractivity contribution is 0.251. The van der Waals surface area contributed by atoms with Gasteiger partial charge in [-0.15, -0.1) is 0 Å². The van der Waals surface area contributed by atoms with Crippen LogP contribution in [-0.2, 0) is 6.54 Å². The van der Waals surface area contributed by atoms with Crippen molar-refractivity contribution in [1.29, 1.82) is 0 Å². The molecule has 1 aliphatic heterocycles. The maximum atomic E-state index is 13.1. The highest BCUT2D eigenvalue weighted by atomic mass is 35.5. The quantitative estimate of drug-likeness (QED) is 0.872. The van der Waals surface area contributed by atoms with Crippen LogP contribution in [0.3, 0.4) is 0 Å². The van der Waals surface area contributed by atoms with E-state index in [0.29, 0.717) is 11.6 Å². The molecule has 2 N–H and O–H groups in total. The van der Waals surface area contributed by atoms with Crippen LogP contribution in [0.25, 0.3) is 0 Å². The molecule has 25 heavy (non-hydrogen) atoms. The lowest BCUT2D eigenvalue weighted by Crippen LogP contribution is -2.29. The van der Waals surface area contributed by atoms with E-state index in [1.54, 1.807) is 0 Å². The first kappa shape index (κ1) is 17.4. The van der Waals surface area contributed by atoms with Crippen molar-refractivity contribution in [3.8, 4) is 0 Å². The number of nitrogens with zero attached hydrogens (tertiary/aromatic N) is 3. The molecule has 3 rings (SSSR count). The summed E-state index contributed by atoms with van der Waals surface area (Å²) in [5, 5.41) is 5.30. The Morgan fingerprint density at radius 2 is 2.04 bits per heavy atom. The van der Waals surface area contributed by atoms with Gasteiger partial charge in [0.25, 0.3) is 0 Å². The summed E-state index contributed by atoms with van der Waals surface area (Å²) in [7, 11) is 0.